The standard InChI is InChI=1S/C16H18ClNO4/c17-11-3-1-10(2-4-11)13(15(20)21)18-14(19)12-9-16(12)5-7-22-8-6-16/h1-4,12-13H,5-9H2,(H,18,19)(H,20,21). The molecule has 6 heteroatoms. The van der Waals surface area contributed by atoms with Crippen LogP contribution in [0.4, 0.5) is 0 Å². The molecule has 1 aromatic rings. The average Bonchev–Trinajstić information content (AvgIpc) is 3.19. The van der Waals surface area contributed by atoms with Crippen molar-refractivity contribution in [1.29, 1.82) is 0 Å². The summed E-state index contributed by atoms with van der Waals surface area (Å²) in [6, 6.07) is 5.45. The summed E-state index contributed by atoms with van der Waals surface area (Å²) in [6.07, 6.45) is 2.59. The predicted molar refractivity (Wildman–Crippen MR) is 80.6 cm³/mol. The third kappa shape index (κ3) is 2.96. The molecular formula is C16H18ClNO4. The van der Waals surface area contributed by atoms with E-state index in [1.165, 1.54) is 0 Å². The first-order valence-electron chi connectivity index (χ1n) is 7.38. The molecule has 1 saturated heterocycles. The number of nitrogens with one attached hydrogen (secondary N) is 1. The highest BCUT2D eigenvalue weighted by Gasteiger charge is 2.58. The first kappa shape index (κ1) is 15.3. The zero-order valence-electron chi connectivity index (χ0n) is 12.0. The molecule has 2 aliphatic rings. The Morgan fingerprint density at radius 3 is 2.50 bits per heavy atom. The molecule has 0 aromatic heterocycles. The summed E-state index contributed by atoms with van der Waals surface area (Å²) in [5, 5.41) is 12.6. The summed E-state index contributed by atoms with van der Waals surface area (Å²) in [4.78, 5) is 23.9. The number of benzene rings is 1. The Balaban J connectivity index is 1.68. The summed E-state index contributed by atoms with van der Waals surface area (Å²) in [6.45, 7) is 1.37. The number of carboxylic acids is 1. The van der Waals surface area contributed by atoms with Gasteiger partial charge in [-0.25, -0.2) is 4.79 Å². The molecule has 1 heterocycles. The number of hydrogen-bond donors (Lipinski definition) is 2. The van der Waals surface area contributed by atoms with E-state index in [0.29, 0.717) is 23.8 Å². The molecule has 0 bridgehead atoms. The minimum atomic E-state index is -1.07. The van der Waals surface area contributed by atoms with Crippen LogP contribution in [0.1, 0.15) is 30.9 Å². The highest BCUT2D eigenvalue weighted by atomic mass is 35.5. The molecule has 1 aromatic carbocycles. The molecule has 1 saturated carbocycles. The second-order valence-electron chi connectivity index (χ2n) is 6.06. The van der Waals surface area contributed by atoms with Gasteiger partial charge in [0.05, 0.1) is 0 Å². The van der Waals surface area contributed by atoms with Gasteiger partial charge in [0.15, 0.2) is 6.04 Å². The van der Waals surface area contributed by atoms with Crippen LogP contribution in [-0.4, -0.2) is 30.2 Å². The van der Waals surface area contributed by atoms with E-state index in [1.54, 1.807) is 24.3 Å². The molecule has 1 amide bonds. The van der Waals surface area contributed by atoms with E-state index in [9.17, 15) is 14.7 Å². The number of halogens is 1. The number of aliphatic carboxylic acids is 1. The second-order valence-corrected chi connectivity index (χ2v) is 6.50. The van der Waals surface area contributed by atoms with Gasteiger partial charge >= 0.3 is 5.97 Å². The molecule has 1 aliphatic heterocycles. The average molecular weight is 324 g/mol. The van der Waals surface area contributed by atoms with Crippen molar-refractivity contribution >= 4 is 23.5 Å². The third-order valence-corrected chi connectivity index (χ3v) is 4.98. The normalized spacial score (nSPS) is 23.8. The Morgan fingerprint density at radius 1 is 1.27 bits per heavy atom. The van der Waals surface area contributed by atoms with Gasteiger partial charge in [0.1, 0.15) is 0 Å². The van der Waals surface area contributed by atoms with Crippen molar-refractivity contribution in [2.45, 2.75) is 25.3 Å². The number of carbonyl (C=O) groups is 2. The Labute approximate surface area is 133 Å². The lowest BCUT2D eigenvalue weighted by Gasteiger charge is -2.23. The van der Waals surface area contributed by atoms with E-state index in [0.717, 1.165) is 19.3 Å². The number of hydrogen-bond acceptors (Lipinski definition) is 3. The molecule has 2 atom stereocenters. The van der Waals surface area contributed by atoms with Crippen LogP contribution in [0.15, 0.2) is 24.3 Å². The zero-order valence-corrected chi connectivity index (χ0v) is 12.8. The van der Waals surface area contributed by atoms with Crippen LogP contribution in [-0.2, 0) is 14.3 Å². The van der Waals surface area contributed by atoms with E-state index in [-0.39, 0.29) is 17.2 Å². The number of amides is 1. The molecule has 1 spiro atoms. The molecule has 2 unspecified atom stereocenters. The van der Waals surface area contributed by atoms with E-state index >= 15 is 0 Å². The predicted octanol–water partition coefficient (Wildman–Crippen LogP) is 2.40. The Morgan fingerprint density at radius 2 is 1.91 bits per heavy atom. The van der Waals surface area contributed by atoms with Gasteiger partial charge in [-0.15, -0.1) is 0 Å². The van der Waals surface area contributed by atoms with Crippen molar-refractivity contribution in [1.82, 2.24) is 5.32 Å². The van der Waals surface area contributed by atoms with E-state index in [4.69, 9.17) is 16.3 Å². The first-order chi connectivity index (χ1) is 10.5. The molecule has 2 fully saturated rings. The number of carboxylic acid groups (broad SMARTS) is 1. The van der Waals surface area contributed by atoms with E-state index in [2.05, 4.69) is 5.32 Å². The van der Waals surface area contributed by atoms with Gasteiger partial charge in [-0.3, -0.25) is 4.79 Å². The van der Waals surface area contributed by atoms with Crippen molar-refractivity contribution < 1.29 is 19.4 Å². The molecular weight excluding hydrogens is 306 g/mol. The van der Waals surface area contributed by atoms with Crippen LogP contribution in [0.25, 0.3) is 0 Å². The summed E-state index contributed by atoms with van der Waals surface area (Å²) >= 11 is 5.81. The number of carbonyl (C=O) groups excluding carboxylic acids is 1. The minimum absolute atomic E-state index is 0.0331. The van der Waals surface area contributed by atoms with Gasteiger partial charge in [0.25, 0.3) is 0 Å². The van der Waals surface area contributed by atoms with Gasteiger partial charge in [-0.05, 0) is 42.4 Å². The summed E-state index contributed by atoms with van der Waals surface area (Å²) in [7, 11) is 0. The quantitative estimate of drug-likeness (QED) is 0.892. The maximum absolute atomic E-state index is 12.4. The fourth-order valence-electron chi connectivity index (χ4n) is 3.23. The molecule has 0 radical (unpaired) electrons. The molecule has 1 aliphatic carbocycles. The van der Waals surface area contributed by atoms with Crippen molar-refractivity contribution in [3.63, 3.8) is 0 Å². The van der Waals surface area contributed by atoms with E-state index in [1.807, 2.05) is 0 Å². The largest absolute Gasteiger partial charge is 0.479 e. The monoisotopic (exact) mass is 323 g/mol. The lowest BCUT2D eigenvalue weighted by Crippen LogP contribution is -2.36. The van der Waals surface area contributed by atoms with Crippen LogP contribution in [0.2, 0.25) is 5.02 Å². The highest BCUT2D eigenvalue weighted by molar-refractivity contribution is 6.30. The Bertz CT molecular complexity index is 580. The number of ether oxygens (including phenoxy) is 1. The van der Waals surface area contributed by atoms with Crippen molar-refractivity contribution in [2.24, 2.45) is 11.3 Å². The summed E-state index contributed by atoms with van der Waals surface area (Å²) in [5.74, 6) is -1.34. The van der Waals surface area contributed by atoms with Gasteiger partial charge in [-0.2, -0.15) is 0 Å². The van der Waals surface area contributed by atoms with Gasteiger partial charge < -0.3 is 15.2 Å². The van der Waals surface area contributed by atoms with Gasteiger partial charge in [0, 0.05) is 24.2 Å². The van der Waals surface area contributed by atoms with Crippen molar-refractivity contribution in [3.05, 3.63) is 34.9 Å². The SMILES string of the molecule is O=C(O)C(NC(=O)C1CC12CCOCC2)c1ccc(Cl)cc1. The Hall–Kier alpha value is -1.59. The molecule has 22 heavy (non-hydrogen) atoms. The maximum atomic E-state index is 12.4. The fraction of sp³-hybridized carbons (Fsp3) is 0.500. The summed E-state index contributed by atoms with van der Waals surface area (Å²) < 4.78 is 5.33. The number of rotatable bonds is 4. The lowest BCUT2D eigenvalue weighted by molar-refractivity contribution is -0.142. The van der Waals surface area contributed by atoms with Crippen LogP contribution >= 0.6 is 11.6 Å². The van der Waals surface area contributed by atoms with E-state index < -0.39 is 12.0 Å². The molecule has 118 valence electrons. The molecule has 2 N–H and O–H groups in total. The van der Waals surface area contributed by atoms with Gasteiger partial charge in [0.2, 0.25) is 5.91 Å². The van der Waals surface area contributed by atoms with Crippen molar-refractivity contribution in [3.8, 4) is 0 Å². The van der Waals surface area contributed by atoms with Crippen LogP contribution < -0.4 is 5.32 Å². The zero-order chi connectivity index (χ0) is 15.7. The van der Waals surface area contributed by atoms with Crippen LogP contribution in [0.5, 0.6) is 0 Å². The minimum Gasteiger partial charge on any atom is -0.479 e. The highest BCUT2D eigenvalue weighted by Crippen LogP contribution is 2.59. The maximum Gasteiger partial charge on any atom is 0.330 e. The topological polar surface area (TPSA) is 75.6 Å². The van der Waals surface area contributed by atoms with Crippen LogP contribution in [0, 0.1) is 11.3 Å². The van der Waals surface area contributed by atoms with Crippen molar-refractivity contribution in [2.75, 3.05) is 13.2 Å². The molecule has 5 nitrogen and oxygen atoms in total. The summed E-state index contributed by atoms with van der Waals surface area (Å²) in [5.41, 5.74) is 0.553. The second kappa shape index (κ2) is 5.89. The lowest BCUT2D eigenvalue weighted by atomic mass is 9.93. The fourth-order valence-corrected chi connectivity index (χ4v) is 3.36. The van der Waals surface area contributed by atoms with Gasteiger partial charge in [-0.1, -0.05) is 23.7 Å². The van der Waals surface area contributed by atoms with Crippen LogP contribution in [0.3, 0.4) is 0 Å². The first-order valence-corrected chi connectivity index (χ1v) is 7.76. The third-order valence-electron chi connectivity index (χ3n) is 4.73. The Kier molecular flexibility index (Phi) is 4.10. The smallest absolute Gasteiger partial charge is 0.330 e. The molecule has 3 rings (SSSR count).